The maximum Gasteiger partial charge on any atom is 0.331 e. The van der Waals surface area contributed by atoms with E-state index in [0.717, 1.165) is 89.8 Å². The molecular formula is C31H50O6. The lowest BCUT2D eigenvalue weighted by Gasteiger charge is -2.43. The van der Waals surface area contributed by atoms with Crippen LogP contribution in [-0.4, -0.2) is 46.1 Å². The zero-order chi connectivity index (χ0) is 27.1. The number of fused-ring (bicyclic) bond motifs is 1. The highest BCUT2D eigenvalue weighted by Gasteiger charge is 2.70. The van der Waals surface area contributed by atoms with Gasteiger partial charge in [0.2, 0.25) is 0 Å². The number of carbonyl (C=O) groups excluding carboxylic acids is 2. The molecule has 1 spiro atoms. The van der Waals surface area contributed by atoms with Gasteiger partial charge in [-0.25, -0.2) is 4.79 Å². The average molecular weight is 519 g/mol. The number of aliphatic carboxylic acids is 1. The molecule has 3 N–H and O–H groups in total. The maximum atomic E-state index is 12.4. The van der Waals surface area contributed by atoms with Gasteiger partial charge in [-0.3, -0.25) is 4.79 Å². The van der Waals surface area contributed by atoms with Gasteiger partial charge >= 0.3 is 5.97 Å². The van der Waals surface area contributed by atoms with Crippen molar-refractivity contribution in [3.05, 3.63) is 11.1 Å². The predicted molar refractivity (Wildman–Crippen MR) is 144 cm³/mol. The molecule has 2 bridgehead atoms. The summed E-state index contributed by atoms with van der Waals surface area (Å²) in [6.07, 6.45) is 15.3. The Kier molecular flexibility index (Phi) is 11.0. The maximum absolute atomic E-state index is 12.4. The van der Waals surface area contributed by atoms with Crippen LogP contribution in [0.1, 0.15) is 123 Å². The quantitative estimate of drug-likeness (QED) is 0.151. The van der Waals surface area contributed by atoms with E-state index in [1.807, 2.05) is 0 Å². The van der Waals surface area contributed by atoms with Gasteiger partial charge in [-0.15, -0.1) is 0 Å². The molecular weight excluding hydrogens is 468 g/mol. The summed E-state index contributed by atoms with van der Waals surface area (Å²) in [5.41, 5.74) is 0.366. The molecule has 37 heavy (non-hydrogen) atoms. The topological polar surface area (TPSA) is 112 Å². The molecule has 6 nitrogen and oxygen atoms in total. The second kappa shape index (κ2) is 13.5. The smallest absolute Gasteiger partial charge is 0.331 e. The summed E-state index contributed by atoms with van der Waals surface area (Å²) in [7, 11) is 0. The van der Waals surface area contributed by atoms with E-state index in [1.165, 1.54) is 0 Å². The number of rotatable bonds is 18. The van der Waals surface area contributed by atoms with Crippen molar-refractivity contribution >= 4 is 18.0 Å². The number of Topliss-reactive ketones (excluding diaryl/α,β-unsaturated/α-hetero) is 1. The molecule has 6 heteroatoms. The number of aldehydes is 1. The van der Waals surface area contributed by atoms with Crippen LogP contribution >= 0.6 is 0 Å². The van der Waals surface area contributed by atoms with Gasteiger partial charge in [0, 0.05) is 36.4 Å². The Bertz CT molecular complexity index is 830. The van der Waals surface area contributed by atoms with Crippen LogP contribution in [-0.2, 0) is 14.4 Å². The zero-order valence-corrected chi connectivity index (χ0v) is 23.2. The number of carboxylic acid groups (broad SMARTS) is 1. The van der Waals surface area contributed by atoms with Crippen molar-refractivity contribution in [1.82, 2.24) is 0 Å². The minimum absolute atomic E-state index is 0.109. The summed E-state index contributed by atoms with van der Waals surface area (Å²) in [6, 6.07) is 0. The number of ketones is 1. The fourth-order valence-electron chi connectivity index (χ4n) is 8.22. The van der Waals surface area contributed by atoms with Crippen molar-refractivity contribution in [2.45, 2.75) is 129 Å². The molecule has 0 amide bonds. The van der Waals surface area contributed by atoms with Crippen LogP contribution in [0.5, 0.6) is 0 Å². The van der Waals surface area contributed by atoms with E-state index < -0.39 is 17.5 Å². The van der Waals surface area contributed by atoms with Gasteiger partial charge in [-0.05, 0) is 74.2 Å². The lowest BCUT2D eigenvalue weighted by molar-refractivity contribution is -0.134. The minimum atomic E-state index is -0.909. The number of aliphatic hydroxyl groups excluding tert-OH is 2. The van der Waals surface area contributed by atoms with Crippen LogP contribution in [0.3, 0.4) is 0 Å². The van der Waals surface area contributed by atoms with Crippen LogP contribution in [0.4, 0.5) is 0 Å². The van der Waals surface area contributed by atoms with Crippen molar-refractivity contribution in [2.24, 2.45) is 28.6 Å². The number of unbranched alkanes of at least 4 members (excludes halogenated alkanes) is 9. The first-order valence-corrected chi connectivity index (χ1v) is 14.9. The van der Waals surface area contributed by atoms with E-state index in [9.17, 15) is 24.6 Å². The second-order valence-corrected chi connectivity index (χ2v) is 12.6. The molecule has 0 aromatic heterocycles. The molecule has 0 aliphatic heterocycles. The van der Waals surface area contributed by atoms with Crippen LogP contribution in [0.2, 0.25) is 0 Å². The highest BCUT2D eigenvalue weighted by Crippen LogP contribution is 2.72. The van der Waals surface area contributed by atoms with E-state index in [4.69, 9.17) is 5.11 Å². The molecule has 0 aromatic rings. The number of carboxylic acids is 1. The third-order valence-corrected chi connectivity index (χ3v) is 10.2. The zero-order valence-electron chi connectivity index (χ0n) is 23.2. The van der Waals surface area contributed by atoms with Gasteiger partial charge in [0.15, 0.2) is 0 Å². The van der Waals surface area contributed by atoms with Crippen LogP contribution in [0.15, 0.2) is 11.1 Å². The van der Waals surface area contributed by atoms with Gasteiger partial charge in [0.05, 0.1) is 6.10 Å². The molecule has 5 atom stereocenters. The molecule has 0 heterocycles. The van der Waals surface area contributed by atoms with Gasteiger partial charge in [-0.1, -0.05) is 58.8 Å². The molecule has 0 saturated heterocycles. The molecule has 0 radical (unpaired) electrons. The Morgan fingerprint density at radius 3 is 2.03 bits per heavy atom. The summed E-state index contributed by atoms with van der Waals surface area (Å²) < 4.78 is 0. The van der Waals surface area contributed by atoms with Crippen LogP contribution < -0.4 is 0 Å². The molecule has 210 valence electrons. The molecule has 0 unspecified atom stereocenters. The molecule has 3 aliphatic rings. The van der Waals surface area contributed by atoms with Gasteiger partial charge in [-0.2, -0.15) is 0 Å². The standard InChI is InChI=1S/C31H50O6/c1-30(2)25-20-31(22(21-33)17-18-26(30)31)28(35)24(27(25)29(36)37)16-12-8-5-7-11-15-23(34)14-10-6-3-4-9-13-19-32/h21-22,25-26,28,32,35H,3-20H2,1-2H3,(H,36,37)/t22-,25-,26+,28+,31+/m1/s1. The highest BCUT2D eigenvalue weighted by molar-refractivity contribution is 5.89. The van der Waals surface area contributed by atoms with Crippen LogP contribution in [0.25, 0.3) is 0 Å². The number of carbonyl (C=O) groups is 3. The summed E-state index contributed by atoms with van der Waals surface area (Å²) in [4.78, 5) is 36.5. The Labute approximate surface area is 223 Å². The Morgan fingerprint density at radius 1 is 0.892 bits per heavy atom. The normalized spacial score (nSPS) is 29.9. The number of hydrogen-bond acceptors (Lipinski definition) is 5. The minimum Gasteiger partial charge on any atom is -0.478 e. The summed E-state index contributed by atoms with van der Waals surface area (Å²) in [5, 5.41) is 30.5. The second-order valence-electron chi connectivity index (χ2n) is 12.6. The van der Waals surface area contributed by atoms with Crippen molar-refractivity contribution < 1.29 is 29.7 Å². The fourth-order valence-corrected chi connectivity index (χ4v) is 8.22. The van der Waals surface area contributed by atoms with E-state index in [2.05, 4.69) is 13.8 Å². The molecule has 0 aromatic carbocycles. The largest absolute Gasteiger partial charge is 0.478 e. The van der Waals surface area contributed by atoms with Crippen molar-refractivity contribution in [2.75, 3.05) is 6.61 Å². The molecule has 2 fully saturated rings. The lowest BCUT2D eigenvalue weighted by Crippen LogP contribution is -2.45. The third-order valence-electron chi connectivity index (χ3n) is 10.2. The van der Waals surface area contributed by atoms with Gasteiger partial charge in [0.1, 0.15) is 12.1 Å². The Hall–Kier alpha value is -1.53. The van der Waals surface area contributed by atoms with Gasteiger partial charge < -0.3 is 20.1 Å². The van der Waals surface area contributed by atoms with Gasteiger partial charge in [0.25, 0.3) is 0 Å². The van der Waals surface area contributed by atoms with E-state index in [1.54, 1.807) is 0 Å². The molecule has 2 saturated carbocycles. The summed E-state index contributed by atoms with van der Waals surface area (Å²) >= 11 is 0. The first-order valence-electron chi connectivity index (χ1n) is 14.9. The molecule has 3 aliphatic carbocycles. The third kappa shape index (κ3) is 6.38. The predicted octanol–water partition coefficient (Wildman–Crippen LogP) is 6.02. The number of aliphatic hydroxyl groups is 2. The Morgan fingerprint density at radius 2 is 1.46 bits per heavy atom. The Balaban J connectivity index is 1.42. The number of hydrogen-bond donors (Lipinski definition) is 3. The monoisotopic (exact) mass is 518 g/mol. The van der Waals surface area contributed by atoms with E-state index in [-0.39, 0.29) is 29.8 Å². The van der Waals surface area contributed by atoms with Crippen molar-refractivity contribution in [1.29, 1.82) is 0 Å². The fraction of sp³-hybridized carbons (Fsp3) is 0.839. The first-order chi connectivity index (χ1) is 17.7. The van der Waals surface area contributed by atoms with E-state index >= 15 is 0 Å². The van der Waals surface area contributed by atoms with E-state index in [0.29, 0.717) is 42.6 Å². The van der Waals surface area contributed by atoms with Crippen molar-refractivity contribution in [3.63, 3.8) is 0 Å². The average Bonchev–Trinajstić information content (AvgIpc) is 3.32. The first kappa shape index (κ1) is 30.0. The summed E-state index contributed by atoms with van der Waals surface area (Å²) in [5.74, 6) is -0.683. The lowest BCUT2D eigenvalue weighted by atomic mass is 9.63. The SMILES string of the molecule is CC1(C)[C@@H]2C[C@@]3([C@@H](C=O)CC[C@@H]13)[C@@H](O)C(CCCCCCCC(=O)CCCCCCCCO)=C2C(=O)O. The van der Waals surface area contributed by atoms with Crippen molar-refractivity contribution in [3.8, 4) is 0 Å². The highest BCUT2D eigenvalue weighted by atomic mass is 16.4. The molecule has 3 rings (SSSR count). The van der Waals surface area contributed by atoms with Crippen LogP contribution in [0, 0.1) is 28.6 Å². The summed E-state index contributed by atoms with van der Waals surface area (Å²) in [6.45, 7) is 4.54.